The topological polar surface area (TPSA) is 187 Å². The Balaban J connectivity index is 3.14. The van der Waals surface area contributed by atoms with Gasteiger partial charge in [-0.1, -0.05) is 17.7 Å². The molecule has 1 aromatic rings. The Morgan fingerprint density at radius 1 is 0.750 bits per heavy atom. The molecule has 1 rings (SSSR count). The lowest BCUT2D eigenvalue weighted by Gasteiger charge is -2.26. The Hall–Kier alpha value is -3.18. The molecule has 0 bridgehead atoms. The van der Waals surface area contributed by atoms with E-state index in [1.165, 1.54) is 12.1 Å². The van der Waals surface area contributed by atoms with Crippen molar-refractivity contribution in [2.75, 3.05) is 26.2 Å². The highest BCUT2D eigenvalue weighted by atomic mass is 16.4. The number of carboxylic acids is 4. The number of carbonyl (C=O) groups excluding carboxylic acids is 4. The number of carbonyl (C=O) groups is 4. The van der Waals surface area contributed by atoms with Gasteiger partial charge in [0.05, 0.1) is 23.9 Å². The first kappa shape index (κ1) is 22.9. The van der Waals surface area contributed by atoms with Gasteiger partial charge < -0.3 is 44.7 Å². The highest BCUT2D eigenvalue weighted by Crippen LogP contribution is 2.27. The molecule has 0 radical (unpaired) electrons. The van der Waals surface area contributed by atoms with E-state index in [0.717, 1.165) is 9.80 Å². The number of phenols is 1. The number of hydrogen-bond acceptors (Lipinski definition) is 11. The Morgan fingerprint density at radius 2 is 1.04 bits per heavy atom. The van der Waals surface area contributed by atoms with E-state index in [0.29, 0.717) is 5.56 Å². The average Bonchev–Trinajstić information content (AvgIpc) is 2.49. The lowest BCUT2D eigenvalue weighted by atomic mass is 10.0. The molecule has 1 aromatic carbocycles. The Bertz CT molecular complexity index is 672. The molecule has 154 valence electrons. The zero-order valence-corrected chi connectivity index (χ0v) is 15.0. The van der Waals surface area contributed by atoms with Crippen molar-refractivity contribution in [3.63, 3.8) is 0 Å². The maximum absolute atomic E-state index is 10.8. The second-order valence-corrected chi connectivity index (χ2v) is 6.21. The number of aliphatic carboxylic acids is 4. The number of rotatable bonds is 12. The summed E-state index contributed by atoms with van der Waals surface area (Å²) in [5.74, 6) is -6.45. The van der Waals surface area contributed by atoms with E-state index in [9.17, 15) is 44.7 Å². The molecule has 0 aliphatic heterocycles. The molecule has 0 saturated heterocycles. The Labute approximate surface area is 160 Å². The van der Waals surface area contributed by atoms with Gasteiger partial charge in [0.15, 0.2) is 0 Å². The number of nitrogens with zero attached hydrogens (tertiary/aromatic N) is 2. The van der Waals surface area contributed by atoms with Crippen LogP contribution in [0.5, 0.6) is 5.75 Å². The van der Waals surface area contributed by atoms with Crippen LogP contribution < -0.4 is 20.4 Å². The van der Waals surface area contributed by atoms with E-state index >= 15 is 0 Å². The average molecular weight is 394 g/mol. The van der Waals surface area contributed by atoms with Gasteiger partial charge in [0.25, 0.3) is 0 Å². The fourth-order valence-corrected chi connectivity index (χ4v) is 2.72. The van der Waals surface area contributed by atoms with Crippen molar-refractivity contribution in [3.05, 3.63) is 28.8 Å². The van der Waals surface area contributed by atoms with Gasteiger partial charge in [0.2, 0.25) is 0 Å². The van der Waals surface area contributed by atoms with Crippen LogP contribution in [0.3, 0.4) is 0 Å². The normalized spacial score (nSPS) is 11.0. The highest BCUT2D eigenvalue weighted by Gasteiger charge is 2.16. The van der Waals surface area contributed by atoms with Gasteiger partial charge in [-0.15, -0.1) is 0 Å². The summed E-state index contributed by atoms with van der Waals surface area (Å²) in [4.78, 5) is 45.1. The summed E-state index contributed by atoms with van der Waals surface area (Å²) < 4.78 is 0. The van der Waals surface area contributed by atoms with Crippen molar-refractivity contribution < 1.29 is 44.7 Å². The van der Waals surface area contributed by atoms with Crippen LogP contribution in [0.1, 0.15) is 16.7 Å². The van der Waals surface area contributed by atoms with Crippen LogP contribution in [-0.4, -0.2) is 65.0 Å². The molecule has 1 N–H and O–H groups in total. The minimum atomic E-state index is -1.53. The molecule has 0 spiro atoms. The van der Waals surface area contributed by atoms with E-state index in [1.807, 2.05) is 0 Å². The first-order valence-corrected chi connectivity index (χ1v) is 8.03. The van der Waals surface area contributed by atoms with Crippen LogP contribution in [0.15, 0.2) is 12.1 Å². The number of aryl methyl sites for hydroxylation is 1. The molecule has 0 aromatic heterocycles. The second-order valence-electron chi connectivity index (χ2n) is 6.21. The monoisotopic (exact) mass is 394 g/mol. The smallest absolute Gasteiger partial charge is 0.124 e. The molecular weight excluding hydrogens is 376 g/mol. The molecule has 0 saturated carbocycles. The van der Waals surface area contributed by atoms with Gasteiger partial charge in [-0.05, 0) is 6.92 Å². The lowest BCUT2D eigenvalue weighted by molar-refractivity contribution is -0.313. The number of hydrogen-bond donors (Lipinski definition) is 1. The molecule has 11 heteroatoms. The van der Waals surface area contributed by atoms with Gasteiger partial charge in [0, 0.05) is 50.4 Å². The van der Waals surface area contributed by atoms with Crippen molar-refractivity contribution in [2.24, 2.45) is 0 Å². The first-order valence-electron chi connectivity index (χ1n) is 8.03. The summed E-state index contributed by atoms with van der Waals surface area (Å²) in [5.41, 5.74) is 0.921. The summed E-state index contributed by atoms with van der Waals surface area (Å²) in [5, 5.41) is 53.6. The molecule has 0 aliphatic carbocycles. The van der Waals surface area contributed by atoms with Crippen LogP contribution in [0, 0.1) is 6.92 Å². The Kier molecular flexibility index (Phi) is 8.35. The maximum atomic E-state index is 10.8. The molecule has 0 atom stereocenters. The predicted molar refractivity (Wildman–Crippen MR) is 83.4 cm³/mol. The number of carboxylic acid groups (broad SMARTS) is 4. The van der Waals surface area contributed by atoms with Gasteiger partial charge in [-0.3, -0.25) is 9.80 Å². The number of aromatic hydroxyl groups is 1. The van der Waals surface area contributed by atoms with E-state index in [2.05, 4.69) is 0 Å². The van der Waals surface area contributed by atoms with Crippen molar-refractivity contribution in [2.45, 2.75) is 20.0 Å². The van der Waals surface area contributed by atoms with E-state index in [-0.39, 0.29) is 30.0 Å². The van der Waals surface area contributed by atoms with Crippen LogP contribution in [-0.2, 0) is 32.3 Å². The summed E-state index contributed by atoms with van der Waals surface area (Å²) in [7, 11) is 0. The van der Waals surface area contributed by atoms with E-state index < -0.39 is 50.1 Å². The minimum absolute atomic E-state index is 0.166. The van der Waals surface area contributed by atoms with Crippen LogP contribution in [0.4, 0.5) is 0 Å². The molecular formula is C17H18N2O9-4. The Morgan fingerprint density at radius 3 is 1.29 bits per heavy atom. The SMILES string of the molecule is Cc1cc(CN(CC(=O)[O-])CC(=O)[O-])c(O)c(CN(CC(=O)[O-])CC(=O)[O-])c1. The molecule has 0 fully saturated rings. The zero-order chi connectivity index (χ0) is 21.4. The van der Waals surface area contributed by atoms with Crippen molar-refractivity contribution in [3.8, 4) is 5.75 Å². The summed E-state index contributed by atoms with van der Waals surface area (Å²) >= 11 is 0. The van der Waals surface area contributed by atoms with Gasteiger partial charge in [0.1, 0.15) is 5.75 Å². The molecule has 0 amide bonds. The quantitative estimate of drug-likeness (QED) is 0.356. The fraction of sp³-hybridized carbons (Fsp3) is 0.412. The molecule has 0 aliphatic rings. The second kappa shape index (κ2) is 10.2. The molecule has 28 heavy (non-hydrogen) atoms. The van der Waals surface area contributed by atoms with Gasteiger partial charge >= 0.3 is 0 Å². The predicted octanol–water partition coefficient (Wildman–Crippen LogP) is -5.70. The van der Waals surface area contributed by atoms with Gasteiger partial charge in [-0.25, -0.2) is 0 Å². The lowest BCUT2D eigenvalue weighted by Crippen LogP contribution is -2.44. The van der Waals surface area contributed by atoms with Crippen molar-refractivity contribution >= 4 is 23.9 Å². The summed E-state index contributed by atoms with van der Waals surface area (Å²) in [6, 6.07) is 2.97. The number of benzene rings is 1. The van der Waals surface area contributed by atoms with Crippen molar-refractivity contribution in [1.82, 2.24) is 9.80 Å². The van der Waals surface area contributed by atoms with Crippen LogP contribution in [0.25, 0.3) is 0 Å². The number of phenolic OH excluding ortho intramolecular Hbond substituents is 1. The summed E-state index contributed by atoms with van der Waals surface area (Å²) in [6.07, 6.45) is 0. The van der Waals surface area contributed by atoms with E-state index in [4.69, 9.17) is 0 Å². The van der Waals surface area contributed by atoms with Crippen LogP contribution >= 0.6 is 0 Å². The molecule has 0 heterocycles. The zero-order valence-electron chi connectivity index (χ0n) is 15.0. The fourth-order valence-electron chi connectivity index (χ4n) is 2.72. The third-order valence-corrected chi connectivity index (χ3v) is 3.61. The molecule has 0 unspecified atom stereocenters. The third kappa shape index (κ3) is 8.01. The van der Waals surface area contributed by atoms with Crippen LogP contribution in [0.2, 0.25) is 0 Å². The first-order chi connectivity index (χ1) is 13.0. The maximum Gasteiger partial charge on any atom is 0.124 e. The van der Waals surface area contributed by atoms with Crippen molar-refractivity contribution in [1.29, 1.82) is 0 Å². The largest absolute Gasteiger partial charge is 0.549 e. The van der Waals surface area contributed by atoms with E-state index in [1.54, 1.807) is 6.92 Å². The minimum Gasteiger partial charge on any atom is -0.549 e. The highest BCUT2D eigenvalue weighted by molar-refractivity contribution is 5.71. The third-order valence-electron chi connectivity index (χ3n) is 3.61. The standard InChI is InChI=1S/C17H22N2O9/c1-10-2-11(4-18(6-13(20)21)7-14(22)23)17(28)12(3-10)5-19(8-15(24)25)9-16(26)27/h2-3,28H,4-9H2,1H3,(H,20,21)(H,22,23)(H,24,25)(H,26,27)/p-4. The molecule has 11 nitrogen and oxygen atoms in total. The summed E-state index contributed by atoms with van der Waals surface area (Å²) in [6.45, 7) is -1.81. The van der Waals surface area contributed by atoms with Gasteiger partial charge in [-0.2, -0.15) is 0 Å².